The van der Waals surface area contributed by atoms with E-state index in [4.69, 9.17) is 20.3 Å². The minimum atomic E-state index is -1.18. The molecule has 0 heterocycles. The summed E-state index contributed by atoms with van der Waals surface area (Å²) in [5, 5.41) is 11.6. The van der Waals surface area contributed by atoms with Crippen LogP contribution in [0.15, 0.2) is 12.1 Å². The largest absolute Gasteiger partial charge is 0.493 e. The van der Waals surface area contributed by atoms with Crippen LogP contribution in [0.25, 0.3) is 0 Å². The van der Waals surface area contributed by atoms with Crippen molar-refractivity contribution in [3.8, 4) is 11.5 Å². The Bertz CT molecular complexity index is 487. The Labute approximate surface area is 110 Å². The van der Waals surface area contributed by atoms with Gasteiger partial charge in [-0.05, 0) is 0 Å². The van der Waals surface area contributed by atoms with Gasteiger partial charge in [-0.2, -0.15) is 0 Å². The van der Waals surface area contributed by atoms with Crippen molar-refractivity contribution in [2.24, 2.45) is 5.73 Å². The first-order valence-electron chi connectivity index (χ1n) is 5.52. The monoisotopic (exact) mass is 268 g/mol. The predicted molar refractivity (Wildman–Crippen MR) is 68.8 cm³/mol. The van der Waals surface area contributed by atoms with E-state index in [0.29, 0.717) is 5.75 Å². The molecule has 0 atom stereocenters. The summed E-state index contributed by atoms with van der Waals surface area (Å²) in [5.74, 6) is -0.937. The SMILES string of the molecule is COc1cc(NC(=O)CCN)c(C(=O)O)cc1OC. The molecular weight excluding hydrogens is 252 g/mol. The van der Waals surface area contributed by atoms with Gasteiger partial charge in [0.15, 0.2) is 11.5 Å². The molecule has 0 unspecified atom stereocenters. The van der Waals surface area contributed by atoms with E-state index in [1.807, 2.05) is 0 Å². The fourth-order valence-electron chi connectivity index (χ4n) is 1.50. The molecule has 0 saturated heterocycles. The quantitative estimate of drug-likeness (QED) is 0.700. The van der Waals surface area contributed by atoms with Crippen molar-refractivity contribution < 1.29 is 24.2 Å². The molecule has 1 rings (SSSR count). The molecule has 1 amide bonds. The van der Waals surface area contributed by atoms with Crippen LogP contribution in [0.3, 0.4) is 0 Å². The minimum absolute atomic E-state index is 0.0805. The van der Waals surface area contributed by atoms with Crippen LogP contribution in [0, 0.1) is 0 Å². The van der Waals surface area contributed by atoms with Crippen molar-refractivity contribution in [2.45, 2.75) is 6.42 Å². The van der Waals surface area contributed by atoms with Crippen LogP contribution in [-0.2, 0) is 4.79 Å². The van der Waals surface area contributed by atoms with E-state index in [9.17, 15) is 9.59 Å². The van der Waals surface area contributed by atoms with Crippen molar-refractivity contribution in [3.05, 3.63) is 17.7 Å². The minimum Gasteiger partial charge on any atom is -0.493 e. The summed E-state index contributed by atoms with van der Waals surface area (Å²) in [7, 11) is 2.82. The van der Waals surface area contributed by atoms with Gasteiger partial charge in [-0.3, -0.25) is 4.79 Å². The van der Waals surface area contributed by atoms with E-state index in [-0.39, 0.29) is 35.9 Å². The highest BCUT2D eigenvalue weighted by molar-refractivity contribution is 6.01. The van der Waals surface area contributed by atoms with Crippen molar-refractivity contribution in [1.29, 1.82) is 0 Å². The number of carbonyl (C=O) groups excluding carboxylic acids is 1. The highest BCUT2D eigenvalue weighted by Gasteiger charge is 2.17. The van der Waals surface area contributed by atoms with Gasteiger partial charge in [-0.25, -0.2) is 4.79 Å². The second-order valence-corrected chi connectivity index (χ2v) is 3.64. The molecule has 104 valence electrons. The van der Waals surface area contributed by atoms with E-state index in [0.717, 1.165) is 0 Å². The van der Waals surface area contributed by atoms with Gasteiger partial charge >= 0.3 is 5.97 Å². The van der Waals surface area contributed by atoms with Crippen LogP contribution in [-0.4, -0.2) is 37.7 Å². The van der Waals surface area contributed by atoms with Gasteiger partial charge in [0.2, 0.25) is 5.91 Å². The van der Waals surface area contributed by atoms with Crippen LogP contribution in [0.5, 0.6) is 11.5 Å². The third-order valence-electron chi connectivity index (χ3n) is 2.40. The fourth-order valence-corrected chi connectivity index (χ4v) is 1.50. The number of amides is 1. The molecule has 0 fully saturated rings. The number of carbonyl (C=O) groups is 2. The molecule has 1 aromatic carbocycles. The number of benzene rings is 1. The molecule has 7 nitrogen and oxygen atoms in total. The number of hydrogen-bond acceptors (Lipinski definition) is 5. The number of nitrogens with one attached hydrogen (secondary N) is 1. The number of ether oxygens (including phenoxy) is 2. The molecule has 0 spiro atoms. The van der Waals surface area contributed by atoms with E-state index < -0.39 is 5.97 Å². The zero-order valence-electron chi connectivity index (χ0n) is 10.7. The van der Waals surface area contributed by atoms with Gasteiger partial charge in [-0.1, -0.05) is 0 Å². The standard InChI is InChI=1S/C12H16N2O5/c1-18-9-5-7(12(16)17)8(6-10(9)19-2)14-11(15)3-4-13/h5-6H,3-4,13H2,1-2H3,(H,14,15)(H,16,17). The van der Waals surface area contributed by atoms with Crippen molar-refractivity contribution in [3.63, 3.8) is 0 Å². The number of rotatable bonds is 6. The van der Waals surface area contributed by atoms with E-state index in [1.165, 1.54) is 26.4 Å². The molecule has 0 radical (unpaired) electrons. The van der Waals surface area contributed by atoms with Crippen molar-refractivity contribution in [2.75, 3.05) is 26.1 Å². The first kappa shape index (κ1) is 14.8. The van der Waals surface area contributed by atoms with Gasteiger partial charge in [0.1, 0.15) is 0 Å². The normalized spacial score (nSPS) is 9.84. The van der Waals surface area contributed by atoms with E-state index in [1.54, 1.807) is 0 Å². The molecule has 0 aliphatic carbocycles. The first-order valence-corrected chi connectivity index (χ1v) is 5.52. The predicted octanol–water partition coefficient (Wildman–Crippen LogP) is 0.689. The first-order chi connectivity index (χ1) is 9.03. The van der Waals surface area contributed by atoms with E-state index in [2.05, 4.69) is 5.32 Å². The van der Waals surface area contributed by atoms with Gasteiger partial charge in [0, 0.05) is 25.1 Å². The Morgan fingerprint density at radius 3 is 2.32 bits per heavy atom. The van der Waals surface area contributed by atoms with E-state index >= 15 is 0 Å². The second-order valence-electron chi connectivity index (χ2n) is 3.64. The number of aromatic carboxylic acids is 1. The third-order valence-corrected chi connectivity index (χ3v) is 2.40. The molecule has 0 bridgehead atoms. The highest BCUT2D eigenvalue weighted by Crippen LogP contribution is 2.33. The molecular formula is C12H16N2O5. The Morgan fingerprint density at radius 1 is 1.26 bits per heavy atom. The summed E-state index contributed by atoms with van der Waals surface area (Å²) >= 11 is 0. The van der Waals surface area contributed by atoms with Gasteiger partial charge < -0.3 is 25.6 Å². The maximum Gasteiger partial charge on any atom is 0.337 e. The summed E-state index contributed by atoms with van der Waals surface area (Å²) in [5.41, 5.74) is 5.32. The topological polar surface area (TPSA) is 111 Å². The second kappa shape index (κ2) is 6.60. The number of carboxylic acid groups (broad SMARTS) is 1. The maximum atomic E-state index is 11.5. The average Bonchev–Trinajstić information content (AvgIpc) is 2.38. The number of methoxy groups -OCH3 is 2. The van der Waals surface area contributed by atoms with Crippen LogP contribution < -0.4 is 20.5 Å². The lowest BCUT2D eigenvalue weighted by molar-refractivity contribution is -0.116. The highest BCUT2D eigenvalue weighted by atomic mass is 16.5. The molecule has 0 aromatic heterocycles. The molecule has 4 N–H and O–H groups in total. The summed E-state index contributed by atoms with van der Waals surface area (Å²) in [6.07, 6.45) is 0.105. The number of nitrogens with two attached hydrogens (primary N) is 1. The zero-order chi connectivity index (χ0) is 14.4. The van der Waals surface area contributed by atoms with Crippen LogP contribution in [0.1, 0.15) is 16.8 Å². The molecule has 7 heteroatoms. The Morgan fingerprint density at radius 2 is 1.84 bits per heavy atom. The Kier molecular flexibility index (Phi) is 5.13. The number of carboxylic acids is 1. The summed E-state index contributed by atoms with van der Waals surface area (Å²) in [6, 6.07) is 2.69. The fraction of sp³-hybridized carbons (Fsp3) is 0.333. The summed E-state index contributed by atoms with van der Waals surface area (Å²) in [6.45, 7) is 0.182. The Hall–Kier alpha value is -2.28. The van der Waals surface area contributed by atoms with Crippen molar-refractivity contribution >= 4 is 17.6 Å². The lowest BCUT2D eigenvalue weighted by Gasteiger charge is -2.13. The smallest absolute Gasteiger partial charge is 0.337 e. The van der Waals surface area contributed by atoms with Crippen LogP contribution >= 0.6 is 0 Å². The molecule has 19 heavy (non-hydrogen) atoms. The molecule has 0 saturated carbocycles. The van der Waals surface area contributed by atoms with Crippen molar-refractivity contribution in [1.82, 2.24) is 0 Å². The molecule has 1 aromatic rings. The third kappa shape index (κ3) is 3.59. The lowest BCUT2D eigenvalue weighted by atomic mass is 10.1. The Balaban J connectivity index is 3.19. The summed E-state index contributed by atoms with van der Waals surface area (Å²) in [4.78, 5) is 22.6. The lowest BCUT2D eigenvalue weighted by Crippen LogP contribution is -2.18. The van der Waals surface area contributed by atoms with Gasteiger partial charge in [0.05, 0.1) is 25.5 Å². The van der Waals surface area contributed by atoms with Gasteiger partial charge in [0.25, 0.3) is 0 Å². The average molecular weight is 268 g/mol. The molecule has 0 aliphatic rings. The summed E-state index contributed by atoms with van der Waals surface area (Å²) < 4.78 is 10.1. The van der Waals surface area contributed by atoms with Gasteiger partial charge in [-0.15, -0.1) is 0 Å². The van der Waals surface area contributed by atoms with Crippen LogP contribution in [0.2, 0.25) is 0 Å². The zero-order valence-corrected chi connectivity index (χ0v) is 10.7. The maximum absolute atomic E-state index is 11.5. The molecule has 0 aliphatic heterocycles. The van der Waals surface area contributed by atoms with Crippen LogP contribution in [0.4, 0.5) is 5.69 Å². The number of anilines is 1. The number of hydrogen-bond donors (Lipinski definition) is 3.